The summed E-state index contributed by atoms with van der Waals surface area (Å²) in [6, 6.07) is 0. The summed E-state index contributed by atoms with van der Waals surface area (Å²) < 4.78 is 54.1. The highest BCUT2D eigenvalue weighted by Gasteiger charge is 2.32. The molecule has 0 amide bonds. The van der Waals surface area contributed by atoms with Crippen molar-refractivity contribution < 1.29 is 18.9 Å². The maximum Gasteiger partial charge on any atom is 0.434 e. The monoisotopic (exact) mass is 167 g/mol. The van der Waals surface area contributed by atoms with Crippen molar-refractivity contribution in [3.8, 4) is 0 Å². The molecule has 0 N–H and O–H groups in total. The van der Waals surface area contributed by atoms with Crippen molar-refractivity contribution in [1.29, 1.82) is 0 Å². The summed E-state index contributed by atoms with van der Waals surface area (Å²) in [5.41, 5.74) is -1.37. The Bertz CT molecular complexity index is 298. The summed E-state index contributed by atoms with van der Waals surface area (Å²) in [6.45, 7) is 0. The number of rotatable bonds is 0. The Labute approximate surface area is 60.3 Å². The summed E-state index contributed by atoms with van der Waals surface area (Å²) in [7, 11) is 0. The van der Waals surface area contributed by atoms with Gasteiger partial charge in [-0.3, -0.25) is 0 Å². The zero-order chi connectivity index (χ0) is 9.35. The molecule has 0 aliphatic heterocycles. The van der Waals surface area contributed by atoms with Crippen molar-refractivity contribution in [2.24, 2.45) is 0 Å². The molecule has 0 aliphatic carbocycles. The molecule has 1 aromatic rings. The van der Waals surface area contributed by atoms with Crippen LogP contribution in [0.5, 0.6) is 0 Å². The van der Waals surface area contributed by atoms with Gasteiger partial charge in [0, 0.05) is 0 Å². The predicted octanol–water partition coefficient (Wildman–Crippen LogP) is 1.63. The van der Waals surface area contributed by atoms with Gasteiger partial charge in [0.2, 0.25) is 5.95 Å². The van der Waals surface area contributed by atoms with Crippen LogP contribution in [-0.2, 0) is 6.18 Å². The average molecular weight is 167 g/mol. The molecular weight excluding hydrogens is 164 g/mol. The Kier molecular flexibility index (Phi) is 1.45. The second kappa shape index (κ2) is 2.44. The van der Waals surface area contributed by atoms with E-state index >= 15 is 0 Å². The van der Waals surface area contributed by atoms with Gasteiger partial charge >= 0.3 is 6.18 Å². The van der Waals surface area contributed by atoms with Crippen molar-refractivity contribution in [3.05, 3.63) is 24.0 Å². The molecule has 0 aromatic carbocycles. The highest BCUT2D eigenvalue weighted by atomic mass is 19.4. The van der Waals surface area contributed by atoms with Gasteiger partial charge in [-0.2, -0.15) is 17.6 Å². The summed E-state index contributed by atoms with van der Waals surface area (Å²) in [5.74, 6) is -1.32. The van der Waals surface area contributed by atoms with Gasteiger partial charge in [0.1, 0.15) is 0 Å². The van der Waals surface area contributed by atoms with E-state index in [0.29, 0.717) is 0 Å². The quantitative estimate of drug-likeness (QED) is 0.549. The van der Waals surface area contributed by atoms with E-state index in [9.17, 15) is 17.6 Å². The maximum atomic E-state index is 12.2. The largest absolute Gasteiger partial charge is 0.434 e. The molecule has 6 heteroatoms. The Morgan fingerprint density at radius 1 is 1.36 bits per heavy atom. The number of hydrogen-bond donors (Lipinski definition) is 0. The van der Waals surface area contributed by atoms with Crippen LogP contribution < -0.4 is 0 Å². The molecule has 60 valence electrons. The van der Waals surface area contributed by atoms with Gasteiger partial charge in [-0.15, -0.1) is 0 Å². The minimum atomic E-state index is -4.68. The molecule has 0 saturated carbocycles. The molecule has 0 bridgehead atoms. The molecule has 0 aliphatic rings. The van der Waals surface area contributed by atoms with E-state index in [4.69, 9.17) is 1.37 Å². The SMILES string of the molecule is [2H]c1nc(C(F)(F)F)cnc1F. The van der Waals surface area contributed by atoms with Crippen LogP contribution in [0.25, 0.3) is 0 Å². The average Bonchev–Trinajstić information content (AvgIpc) is 1.92. The van der Waals surface area contributed by atoms with Gasteiger partial charge in [0.15, 0.2) is 5.69 Å². The van der Waals surface area contributed by atoms with Gasteiger partial charge < -0.3 is 0 Å². The van der Waals surface area contributed by atoms with Gasteiger partial charge in [0.05, 0.1) is 13.7 Å². The molecule has 2 nitrogen and oxygen atoms in total. The lowest BCUT2D eigenvalue weighted by atomic mass is 10.4. The summed E-state index contributed by atoms with van der Waals surface area (Å²) in [6.07, 6.45) is -5.55. The molecule has 0 atom stereocenters. The van der Waals surface area contributed by atoms with E-state index in [2.05, 4.69) is 9.97 Å². The number of halogens is 4. The van der Waals surface area contributed by atoms with E-state index in [-0.39, 0.29) is 6.20 Å². The van der Waals surface area contributed by atoms with Crippen LogP contribution in [0.15, 0.2) is 12.4 Å². The number of alkyl halides is 3. The zero-order valence-electron chi connectivity index (χ0n) is 5.98. The van der Waals surface area contributed by atoms with Crippen molar-refractivity contribution >= 4 is 0 Å². The molecule has 0 radical (unpaired) electrons. The van der Waals surface area contributed by atoms with Crippen LogP contribution in [-0.4, -0.2) is 9.97 Å². The molecular formula is C5H2F4N2. The second-order valence-corrected chi connectivity index (χ2v) is 1.66. The lowest BCUT2D eigenvalue weighted by molar-refractivity contribution is -0.141. The van der Waals surface area contributed by atoms with E-state index in [0.717, 1.165) is 0 Å². The van der Waals surface area contributed by atoms with E-state index < -0.39 is 24.0 Å². The first-order chi connectivity index (χ1) is 5.41. The molecule has 1 aromatic heterocycles. The number of aromatic nitrogens is 2. The van der Waals surface area contributed by atoms with E-state index in [1.54, 1.807) is 0 Å². The minimum Gasteiger partial charge on any atom is -0.245 e. The fourth-order valence-electron chi connectivity index (χ4n) is 0.418. The Morgan fingerprint density at radius 2 is 2.00 bits per heavy atom. The van der Waals surface area contributed by atoms with E-state index in [1.807, 2.05) is 0 Å². The van der Waals surface area contributed by atoms with E-state index in [1.165, 1.54) is 0 Å². The first kappa shape index (κ1) is 6.51. The van der Waals surface area contributed by atoms with Crippen LogP contribution >= 0.6 is 0 Å². The summed E-state index contributed by atoms with van der Waals surface area (Å²) >= 11 is 0. The van der Waals surface area contributed by atoms with Crippen molar-refractivity contribution in [3.63, 3.8) is 0 Å². The summed E-state index contributed by atoms with van der Waals surface area (Å²) in [4.78, 5) is 5.36. The normalized spacial score (nSPS) is 12.9. The third-order valence-corrected chi connectivity index (χ3v) is 0.859. The third-order valence-electron chi connectivity index (χ3n) is 0.859. The van der Waals surface area contributed by atoms with Crippen molar-refractivity contribution in [2.75, 3.05) is 0 Å². The topological polar surface area (TPSA) is 25.8 Å². The van der Waals surface area contributed by atoms with Crippen molar-refractivity contribution in [2.45, 2.75) is 6.18 Å². The van der Waals surface area contributed by atoms with Crippen LogP contribution in [0, 0.1) is 5.95 Å². The number of nitrogens with zero attached hydrogens (tertiary/aromatic N) is 2. The fourth-order valence-corrected chi connectivity index (χ4v) is 0.418. The highest BCUT2D eigenvalue weighted by molar-refractivity contribution is 4.99. The third kappa shape index (κ3) is 1.86. The Balaban J connectivity index is 3.14. The van der Waals surface area contributed by atoms with Gasteiger partial charge in [-0.25, -0.2) is 9.97 Å². The second-order valence-electron chi connectivity index (χ2n) is 1.66. The molecule has 0 saturated heterocycles. The Morgan fingerprint density at radius 3 is 2.45 bits per heavy atom. The smallest absolute Gasteiger partial charge is 0.245 e. The molecule has 0 unspecified atom stereocenters. The van der Waals surface area contributed by atoms with Crippen molar-refractivity contribution in [1.82, 2.24) is 9.97 Å². The molecule has 11 heavy (non-hydrogen) atoms. The molecule has 1 rings (SSSR count). The highest BCUT2D eigenvalue weighted by Crippen LogP contribution is 2.26. The molecule has 1 heterocycles. The molecule has 0 fully saturated rings. The zero-order valence-corrected chi connectivity index (χ0v) is 4.98. The summed E-state index contributed by atoms with van der Waals surface area (Å²) in [5, 5.41) is 0. The standard InChI is InChI=1S/C5H2F4N2/c6-4-2-10-3(1-11-4)5(7,8)9/h1-2H/i2D. The lowest BCUT2D eigenvalue weighted by Gasteiger charge is -2.02. The van der Waals surface area contributed by atoms with Crippen LogP contribution in [0.3, 0.4) is 0 Å². The molecule has 0 spiro atoms. The van der Waals surface area contributed by atoms with Gasteiger partial charge in [-0.1, -0.05) is 0 Å². The van der Waals surface area contributed by atoms with Crippen LogP contribution in [0.4, 0.5) is 17.6 Å². The predicted molar refractivity (Wildman–Crippen MR) is 27.0 cm³/mol. The first-order valence-corrected chi connectivity index (χ1v) is 2.47. The van der Waals surface area contributed by atoms with Gasteiger partial charge in [0.25, 0.3) is 0 Å². The van der Waals surface area contributed by atoms with Gasteiger partial charge in [-0.05, 0) is 0 Å². The first-order valence-electron chi connectivity index (χ1n) is 2.97. The van der Waals surface area contributed by atoms with Crippen LogP contribution in [0.2, 0.25) is 0 Å². The maximum absolute atomic E-state index is 12.2. The number of hydrogen-bond acceptors (Lipinski definition) is 2. The lowest BCUT2D eigenvalue weighted by Crippen LogP contribution is -2.08. The fraction of sp³-hybridized carbons (Fsp3) is 0.200. The van der Waals surface area contributed by atoms with Crippen LogP contribution in [0.1, 0.15) is 7.06 Å². The Hall–Kier alpha value is -1.20. The minimum absolute atomic E-state index is 0.243.